The van der Waals surface area contributed by atoms with Crippen LogP contribution < -0.4 is 0 Å². The molecule has 2 heterocycles. The second kappa shape index (κ2) is 5.75. The minimum absolute atomic E-state index is 0.0657. The average Bonchev–Trinajstić information content (AvgIpc) is 3.12. The Labute approximate surface area is 139 Å². The van der Waals surface area contributed by atoms with Crippen LogP contribution in [-0.4, -0.2) is 20.4 Å². The molecule has 0 saturated heterocycles. The first-order valence-corrected chi connectivity index (χ1v) is 7.66. The largest absolute Gasteiger partial charge is 0.416 e. The van der Waals surface area contributed by atoms with Gasteiger partial charge < -0.3 is 0 Å². The van der Waals surface area contributed by atoms with E-state index in [4.69, 9.17) is 5.26 Å². The minimum Gasteiger partial charge on any atom is -0.227 e. The number of aromatic amines is 1. The molecule has 0 fully saturated rings. The molecule has 1 aromatic carbocycles. The normalized spacial score (nSPS) is 11.4. The molecule has 0 amide bonds. The van der Waals surface area contributed by atoms with Crippen LogP contribution in [-0.2, 0) is 6.18 Å². The summed E-state index contributed by atoms with van der Waals surface area (Å²) >= 11 is 4.48. The number of rotatable bonds is 2. The van der Waals surface area contributed by atoms with Crippen molar-refractivity contribution in [1.29, 1.82) is 5.26 Å². The van der Waals surface area contributed by atoms with Crippen molar-refractivity contribution in [2.45, 2.75) is 6.18 Å². The topological polar surface area (TPSA) is 78.2 Å². The number of halogens is 4. The van der Waals surface area contributed by atoms with Crippen molar-refractivity contribution in [3.05, 3.63) is 39.4 Å². The van der Waals surface area contributed by atoms with Crippen LogP contribution in [0.5, 0.6) is 0 Å². The lowest BCUT2D eigenvalue weighted by Gasteiger charge is -2.07. The Morgan fingerprint density at radius 2 is 1.83 bits per heavy atom. The van der Waals surface area contributed by atoms with Crippen LogP contribution in [0.3, 0.4) is 0 Å². The Kier molecular flexibility index (Phi) is 3.91. The van der Waals surface area contributed by atoms with Gasteiger partial charge in [-0.15, -0.1) is 16.4 Å². The van der Waals surface area contributed by atoms with Crippen LogP contribution in [0.15, 0.2) is 28.2 Å². The number of aromatic nitrogens is 4. The fourth-order valence-corrected chi connectivity index (χ4v) is 3.40. The molecule has 0 bridgehead atoms. The zero-order valence-electron chi connectivity index (χ0n) is 11.0. The molecule has 3 aromatic rings. The van der Waals surface area contributed by atoms with Crippen LogP contribution >= 0.6 is 27.3 Å². The van der Waals surface area contributed by atoms with Crippen LogP contribution in [0, 0.1) is 11.3 Å². The molecule has 0 aliphatic carbocycles. The maximum atomic E-state index is 12.7. The highest BCUT2D eigenvalue weighted by molar-refractivity contribution is 9.11. The lowest BCUT2D eigenvalue weighted by molar-refractivity contribution is -0.137. The molecule has 0 radical (unpaired) electrons. The van der Waals surface area contributed by atoms with Gasteiger partial charge in [-0.1, -0.05) is 12.1 Å². The third kappa shape index (κ3) is 2.97. The average molecular weight is 400 g/mol. The molecule has 0 saturated carbocycles. The molecular formula is C13H5BrF3N5S. The van der Waals surface area contributed by atoms with Crippen molar-refractivity contribution < 1.29 is 13.2 Å². The highest BCUT2D eigenvalue weighted by atomic mass is 79.9. The Bertz CT molecular complexity index is 892. The van der Waals surface area contributed by atoms with Gasteiger partial charge in [-0.3, -0.25) is 0 Å². The van der Waals surface area contributed by atoms with Gasteiger partial charge in [0.15, 0.2) is 15.3 Å². The number of benzene rings is 1. The Balaban J connectivity index is 2.10. The highest BCUT2D eigenvalue weighted by Crippen LogP contribution is 2.39. The van der Waals surface area contributed by atoms with E-state index in [0.717, 1.165) is 12.1 Å². The zero-order valence-corrected chi connectivity index (χ0v) is 13.4. The summed E-state index contributed by atoms with van der Waals surface area (Å²) in [5.41, 5.74) is 0.515. The van der Waals surface area contributed by atoms with Crippen molar-refractivity contribution in [2.75, 3.05) is 0 Å². The molecule has 10 heteroatoms. The van der Waals surface area contributed by atoms with Gasteiger partial charge >= 0.3 is 6.18 Å². The zero-order chi connectivity index (χ0) is 16.6. The summed E-state index contributed by atoms with van der Waals surface area (Å²) in [6.07, 6.45) is -4.39. The Morgan fingerprint density at radius 3 is 2.43 bits per heavy atom. The van der Waals surface area contributed by atoms with Crippen LogP contribution in [0.4, 0.5) is 13.2 Å². The number of H-pyrrole nitrogens is 1. The lowest BCUT2D eigenvalue weighted by Crippen LogP contribution is -2.03. The van der Waals surface area contributed by atoms with Gasteiger partial charge in [0.05, 0.1) is 10.4 Å². The van der Waals surface area contributed by atoms with Gasteiger partial charge in [-0.2, -0.15) is 28.7 Å². The summed E-state index contributed by atoms with van der Waals surface area (Å²) in [6, 6.07) is 6.61. The van der Waals surface area contributed by atoms with E-state index >= 15 is 0 Å². The lowest BCUT2D eigenvalue weighted by atomic mass is 10.1. The first-order valence-electron chi connectivity index (χ1n) is 6.05. The fraction of sp³-hybridized carbons (Fsp3) is 0.0769. The summed E-state index contributed by atoms with van der Waals surface area (Å²) in [6.45, 7) is 0. The van der Waals surface area contributed by atoms with Crippen molar-refractivity contribution in [3.63, 3.8) is 0 Å². The second-order valence-electron chi connectivity index (χ2n) is 4.35. The van der Waals surface area contributed by atoms with E-state index in [1.165, 1.54) is 23.5 Å². The summed E-state index contributed by atoms with van der Waals surface area (Å²) in [5.74, 6) is 0. The summed E-state index contributed by atoms with van der Waals surface area (Å²) in [5, 5.41) is 19.0. The highest BCUT2D eigenvalue weighted by Gasteiger charge is 2.30. The van der Waals surface area contributed by atoms with E-state index in [0.29, 0.717) is 20.1 Å². The van der Waals surface area contributed by atoms with Crippen molar-refractivity contribution in [3.8, 4) is 27.9 Å². The van der Waals surface area contributed by atoms with E-state index in [1.807, 2.05) is 6.07 Å². The van der Waals surface area contributed by atoms with E-state index in [9.17, 15) is 13.2 Å². The first kappa shape index (κ1) is 15.6. The van der Waals surface area contributed by atoms with E-state index in [2.05, 4.69) is 36.3 Å². The van der Waals surface area contributed by atoms with Gasteiger partial charge in [-0.25, -0.2) is 4.98 Å². The summed E-state index contributed by atoms with van der Waals surface area (Å²) in [7, 11) is 0. The number of thiazole rings is 1. The van der Waals surface area contributed by atoms with Gasteiger partial charge in [-0.05, 0) is 33.6 Å². The molecular weight excluding hydrogens is 395 g/mol. The molecule has 2 aromatic heterocycles. The quantitative estimate of drug-likeness (QED) is 0.698. The molecule has 0 spiro atoms. The standard InChI is InChI=1S/C13H5BrF3N5S/c14-12-19-10(9-8(5-18)20-22-21-9)11(23-12)6-1-3-7(4-2-6)13(15,16)17/h1-4H,(H,20,21,22). The van der Waals surface area contributed by atoms with Gasteiger partial charge in [0.2, 0.25) is 0 Å². The number of nitrogens with one attached hydrogen (secondary N) is 1. The van der Waals surface area contributed by atoms with Crippen molar-refractivity contribution in [1.82, 2.24) is 20.4 Å². The number of nitriles is 1. The molecule has 3 rings (SSSR count). The Hall–Kier alpha value is -2.25. The third-order valence-electron chi connectivity index (χ3n) is 2.95. The maximum Gasteiger partial charge on any atom is 0.416 e. The molecule has 116 valence electrons. The number of alkyl halides is 3. The molecule has 5 nitrogen and oxygen atoms in total. The predicted octanol–water partition coefficient (Wildman–Crippen LogP) is 4.25. The maximum absolute atomic E-state index is 12.7. The number of nitrogens with zero attached hydrogens (tertiary/aromatic N) is 4. The molecule has 0 unspecified atom stereocenters. The first-order chi connectivity index (χ1) is 10.9. The van der Waals surface area contributed by atoms with Crippen molar-refractivity contribution in [2.24, 2.45) is 0 Å². The fourth-order valence-electron chi connectivity index (χ4n) is 1.93. The van der Waals surface area contributed by atoms with E-state index in [1.54, 1.807) is 0 Å². The van der Waals surface area contributed by atoms with E-state index in [-0.39, 0.29) is 11.4 Å². The van der Waals surface area contributed by atoms with Gasteiger partial charge in [0.1, 0.15) is 11.8 Å². The molecule has 0 aliphatic rings. The molecule has 0 atom stereocenters. The minimum atomic E-state index is -4.39. The number of hydrogen-bond donors (Lipinski definition) is 1. The molecule has 0 aliphatic heterocycles. The Morgan fingerprint density at radius 1 is 1.13 bits per heavy atom. The number of hydrogen-bond acceptors (Lipinski definition) is 5. The van der Waals surface area contributed by atoms with Crippen molar-refractivity contribution >= 4 is 27.3 Å². The molecule has 23 heavy (non-hydrogen) atoms. The third-order valence-corrected chi connectivity index (χ3v) is 4.51. The summed E-state index contributed by atoms with van der Waals surface area (Å²) < 4.78 is 38.5. The van der Waals surface area contributed by atoms with Gasteiger partial charge in [0, 0.05) is 0 Å². The van der Waals surface area contributed by atoms with Gasteiger partial charge in [0.25, 0.3) is 0 Å². The van der Waals surface area contributed by atoms with E-state index < -0.39 is 11.7 Å². The summed E-state index contributed by atoms with van der Waals surface area (Å²) in [4.78, 5) is 4.84. The molecule has 1 N–H and O–H groups in total. The SMILES string of the molecule is N#Cc1n[nH]nc1-c1nc(Br)sc1-c1ccc(C(F)(F)F)cc1. The monoisotopic (exact) mass is 399 g/mol. The van der Waals surface area contributed by atoms with Crippen LogP contribution in [0.25, 0.3) is 21.8 Å². The van der Waals surface area contributed by atoms with Crippen LogP contribution in [0.1, 0.15) is 11.3 Å². The van der Waals surface area contributed by atoms with Crippen LogP contribution in [0.2, 0.25) is 0 Å². The predicted molar refractivity (Wildman–Crippen MR) is 80.3 cm³/mol. The second-order valence-corrected chi connectivity index (χ2v) is 6.63. The smallest absolute Gasteiger partial charge is 0.227 e.